The minimum atomic E-state index is -0.268. The third-order valence-corrected chi connectivity index (χ3v) is 2.85. The summed E-state index contributed by atoms with van der Waals surface area (Å²) in [6, 6.07) is 0. The zero-order chi connectivity index (χ0) is 10.6. The molecule has 0 aliphatic rings. The molecule has 1 aromatic rings. The Morgan fingerprint density at radius 1 is 1.64 bits per heavy atom. The second-order valence-electron chi connectivity index (χ2n) is 3.30. The Balaban J connectivity index is 2.77. The summed E-state index contributed by atoms with van der Waals surface area (Å²) < 4.78 is 0. The van der Waals surface area contributed by atoms with E-state index in [-0.39, 0.29) is 5.54 Å². The van der Waals surface area contributed by atoms with E-state index in [9.17, 15) is 0 Å². The summed E-state index contributed by atoms with van der Waals surface area (Å²) in [5.41, 5.74) is 2.22. The maximum atomic E-state index is 5.28. The molecule has 78 valence electrons. The molecule has 0 fully saturated rings. The van der Waals surface area contributed by atoms with Gasteiger partial charge in [0.05, 0.1) is 5.54 Å². The fourth-order valence-corrected chi connectivity index (χ4v) is 1.76. The molecule has 0 aliphatic heterocycles. The molecule has 0 spiro atoms. The van der Waals surface area contributed by atoms with Crippen LogP contribution in [0.2, 0.25) is 0 Å². The molecule has 6 heteroatoms. The van der Waals surface area contributed by atoms with Crippen molar-refractivity contribution in [3.05, 3.63) is 16.6 Å². The van der Waals surface area contributed by atoms with Gasteiger partial charge in [0.2, 0.25) is 5.96 Å². The van der Waals surface area contributed by atoms with Gasteiger partial charge in [-0.15, -0.1) is 11.3 Å². The van der Waals surface area contributed by atoms with Gasteiger partial charge in [0, 0.05) is 18.6 Å². The monoisotopic (exact) mass is 213 g/mol. The molecule has 0 saturated carbocycles. The fourth-order valence-electron chi connectivity index (χ4n) is 1.04. The van der Waals surface area contributed by atoms with Crippen LogP contribution in [0.1, 0.15) is 18.9 Å². The smallest absolute Gasteiger partial charge is 0.206 e. The maximum absolute atomic E-state index is 5.28. The van der Waals surface area contributed by atoms with E-state index in [1.165, 1.54) is 0 Å². The third kappa shape index (κ3) is 2.43. The van der Waals surface area contributed by atoms with Gasteiger partial charge in [-0.25, -0.2) is 10.8 Å². The molecule has 0 atom stereocenters. The topological polar surface area (TPSA) is 75.3 Å². The van der Waals surface area contributed by atoms with Gasteiger partial charge in [0.25, 0.3) is 0 Å². The second kappa shape index (κ2) is 4.39. The predicted molar refractivity (Wildman–Crippen MR) is 59.0 cm³/mol. The van der Waals surface area contributed by atoms with Crippen LogP contribution in [0.4, 0.5) is 0 Å². The predicted octanol–water partition coefficient (Wildman–Crippen LogP) is 0.417. The van der Waals surface area contributed by atoms with Crippen LogP contribution in [0.3, 0.4) is 0 Å². The van der Waals surface area contributed by atoms with Crippen molar-refractivity contribution in [1.29, 1.82) is 0 Å². The van der Waals surface area contributed by atoms with Crippen LogP contribution >= 0.6 is 11.3 Å². The zero-order valence-electron chi connectivity index (χ0n) is 8.53. The summed E-state index contributed by atoms with van der Waals surface area (Å²) in [5, 5.41) is 6.09. The number of nitrogens with zero attached hydrogens (tertiary/aromatic N) is 2. The van der Waals surface area contributed by atoms with Crippen LogP contribution in [-0.2, 0) is 5.54 Å². The molecule has 0 aromatic carbocycles. The van der Waals surface area contributed by atoms with Crippen molar-refractivity contribution in [2.45, 2.75) is 19.4 Å². The summed E-state index contributed by atoms with van der Waals surface area (Å²) in [6.45, 7) is 4.04. The number of hydrazine groups is 1. The largest absolute Gasteiger partial charge is 0.344 e. The number of thiazole rings is 1. The molecule has 0 saturated heterocycles. The molecular formula is C8H15N5S. The lowest BCUT2D eigenvalue weighted by molar-refractivity contribution is 0.475. The zero-order valence-corrected chi connectivity index (χ0v) is 9.35. The molecule has 0 radical (unpaired) electrons. The van der Waals surface area contributed by atoms with E-state index < -0.39 is 0 Å². The van der Waals surface area contributed by atoms with Crippen molar-refractivity contribution in [3.63, 3.8) is 0 Å². The summed E-state index contributed by atoms with van der Waals surface area (Å²) in [5.74, 6) is 5.83. The van der Waals surface area contributed by atoms with Crippen molar-refractivity contribution in [2.24, 2.45) is 10.8 Å². The standard InChI is InChI=1S/C8H15N5S/c1-8(2,6-11-4-5-14-6)12-7(10-3)13-9/h4-5H,9H2,1-3H3,(H2,10,12,13). The Morgan fingerprint density at radius 3 is 2.79 bits per heavy atom. The molecule has 1 heterocycles. The van der Waals surface area contributed by atoms with Crippen LogP contribution in [0.15, 0.2) is 16.6 Å². The van der Waals surface area contributed by atoms with Crippen LogP contribution in [0.5, 0.6) is 0 Å². The quantitative estimate of drug-likeness (QED) is 0.288. The number of aromatic nitrogens is 1. The second-order valence-corrected chi connectivity index (χ2v) is 4.20. The highest BCUT2D eigenvalue weighted by Gasteiger charge is 2.23. The van der Waals surface area contributed by atoms with E-state index in [0.29, 0.717) is 5.96 Å². The van der Waals surface area contributed by atoms with Gasteiger partial charge >= 0.3 is 0 Å². The summed E-state index contributed by atoms with van der Waals surface area (Å²) in [7, 11) is 1.67. The number of hydrogen-bond acceptors (Lipinski definition) is 4. The van der Waals surface area contributed by atoms with Crippen molar-refractivity contribution in [1.82, 2.24) is 15.7 Å². The average molecular weight is 213 g/mol. The fraction of sp³-hybridized carbons (Fsp3) is 0.500. The van der Waals surface area contributed by atoms with Gasteiger partial charge in [-0.05, 0) is 13.8 Å². The number of aliphatic imine (C=N–C) groups is 1. The number of nitrogens with two attached hydrogens (primary N) is 1. The van der Waals surface area contributed by atoms with Crippen LogP contribution in [0, 0.1) is 0 Å². The molecule has 5 nitrogen and oxygen atoms in total. The molecule has 0 aliphatic carbocycles. The minimum absolute atomic E-state index is 0.268. The first-order chi connectivity index (χ1) is 6.60. The lowest BCUT2D eigenvalue weighted by Crippen LogP contribution is -2.49. The van der Waals surface area contributed by atoms with E-state index >= 15 is 0 Å². The first-order valence-corrected chi connectivity index (χ1v) is 5.09. The molecule has 1 aromatic heterocycles. The Morgan fingerprint density at radius 2 is 2.36 bits per heavy atom. The number of nitrogens with one attached hydrogen (secondary N) is 2. The van der Waals surface area contributed by atoms with Crippen LogP contribution < -0.4 is 16.6 Å². The van der Waals surface area contributed by atoms with E-state index in [1.807, 2.05) is 19.2 Å². The van der Waals surface area contributed by atoms with Gasteiger partial charge in [-0.2, -0.15) is 0 Å². The summed E-state index contributed by atoms with van der Waals surface area (Å²) in [6.07, 6.45) is 1.78. The summed E-state index contributed by atoms with van der Waals surface area (Å²) in [4.78, 5) is 8.19. The average Bonchev–Trinajstić information content (AvgIpc) is 2.67. The van der Waals surface area contributed by atoms with E-state index in [4.69, 9.17) is 5.84 Å². The van der Waals surface area contributed by atoms with E-state index in [1.54, 1.807) is 24.6 Å². The number of hydrogen-bond donors (Lipinski definition) is 3. The third-order valence-electron chi connectivity index (χ3n) is 1.76. The molecule has 0 unspecified atom stereocenters. The maximum Gasteiger partial charge on any atom is 0.206 e. The van der Waals surface area contributed by atoms with Crippen molar-refractivity contribution in [3.8, 4) is 0 Å². The van der Waals surface area contributed by atoms with Crippen molar-refractivity contribution in [2.75, 3.05) is 7.05 Å². The van der Waals surface area contributed by atoms with E-state index in [2.05, 4.69) is 20.7 Å². The highest BCUT2D eigenvalue weighted by molar-refractivity contribution is 7.09. The highest BCUT2D eigenvalue weighted by Crippen LogP contribution is 2.21. The molecule has 14 heavy (non-hydrogen) atoms. The van der Waals surface area contributed by atoms with Gasteiger partial charge in [-0.3, -0.25) is 10.4 Å². The first kappa shape index (κ1) is 10.9. The molecule has 0 bridgehead atoms. The normalized spacial score (nSPS) is 12.7. The van der Waals surface area contributed by atoms with Crippen LogP contribution in [0.25, 0.3) is 0 Å². The Kier molecular flexibility index (Phi) is 3.43. The SMILES string of the molecule is CN=C(NN)NC(C)(C)c1nccs1. The van der Waals surface area contributed by atoms with Gasteiger partial charge in [0.1, 0.15) is 5.01 Å². The summed E-state index contributed by atoms with van der Waals surface area (Å²) >= 11 is 1.60. The minimum Gasteiger partial charge on any atom is -0.344 e. The molecular weight excluding hydrogens is 198 g/mol. The van der Waals surface area contributed by atoms with Crippen molar-refractivity contribution >= 4 is 17.3 Å². The first-order valence-electron chi connectivity index (χ1n) is 4.21. The number of rotatable bonds is 2. The van der Waals surface area contributed by atoms with Crippen molar-refractivity contribution < 1.29 is 0 Å². The highest BCUT2D eigenvalue weighted by atomic mass is 32.1. The van der Waals surface area contributed by atoms with Gasteiger partial charge in [0.15, 0.2) is 0 Å². The van der Waals surface area contributed by atoms with Gasteiger partial charge in [-0.1, -0.05) is 0 Å². The Labute approximate surface area is 87.4 Å². The molecule has 4 N–H and O–H groups in total. The molecule has 0 amide bonds. The molecule has 1 rings (SSSR count). The lowest BCUT2D eigenvalue weighted by atomic mass is 10.1. The number of guanidine groups is 1. The van der Waals surface area contributed by atoms with E-state index in [0.717, 1.165) is 5.01 Å². The van der Waals surface area contributed by atoms with Gasteiger partial charge < -0.3 is 5.32 Å². The Bertz CT molecular complexity index is 304. The Hall–Kier alpha value is -1.14. The van der Waals surface area contributed by atoms with Crippen LogP contribution in [-0.4, -0.2) is 18.0 Å². The lowest BCUT2D eigenvalue weighted by Gasteiger charge is -2.25.